The van der Waals surface area contributed by atoms with Gasteiger partial charge >= 0.3 is 0 Å². The van der Waals surface area contributed by atoms with Gasteiger partial charge in [-0.2, -0.15) is 0 Å². The number of hydrogen-bond acceptors (Lipinski definition) is 3. The van der Waals surface area contributed by atoms with Crippen LogP contribution in [0, 0.1) is 0 Å². The fourth-order valence-electron chi connectivity index (χ4n) is 2.38. The fourth-order valence-corrected chi connectivity index (χ4v) is 3.25. The van der Waals surface area contributed by atoms with E-state index >= 15 is 0 Å². The van der Waals surface area contributed by atoms with Crippen molar-refractivity contribution in [1.82, 2.24) is 5.32 Å². The average molecular weight is 267 g/mol. The van der Waals surface area contributed by atoms with Gasteiger partial charge in [-0.05, 0) is 37.8 Å². The molecule has 0 saturated carbocycles. The Kier molecular flexibility index (Phi) is 4.07. The summed E-state index contributed by atoms with van der Waals surface area (Å²) in [6.45, 7) is 4.01. The van der Waals surface area contributed by atoms with Crippen LogP contribution in [0.5, 0.6) is 0 Å². The third-order valence-electron chi connectivity index (χ3n) is 3.63. The molecule has 0 saturated heterocycles. The van der Waals surface area contributed by atoms with Crippen molar-refractivity contribution in [3.63, 3.8) is 0 Å². The predicted molar refractivity (Wildman–Crippen MR) is 74.4 cm³/mol. The molecule has 100 valence electrons. The van der Waals surface area contributed by atoms with Crippen LogP contribution in [-0.4, -0.2) is 26.0 Å². The van der Waals surface area contributed by atoms with Crippen LogP contribution in [0.15, 0.2) is 24.3 Å². The second kappa shape index (κ2) is 5.41. The van der Waals surface area contributed by atoms with E-state index in [9.17, 15) is 8.42 Å². The van der Waals surface area contributed by atoms with Gasteiger partial charge in [0.15, 0.2) is 9.84 Å². The summed E-state index contributed by atoms with van der Waals surface area (Å²) >= 11 is 0. The van der Waals surface area contributed by atoms with Crippen molar-refractivity contribution in [2.75, 3.05) is 12.3 Å². The van der Waals surface area contributed by atoms with E-state index in [-0.39, 0.29) is 11.0 Å². The van der Waals surface area contributed by atoms with Crippen LogP contribution < -0.4 is 5.32 Å². The summed E-state index contributed by atoms with van der Waals surface area (Å²) < 4.78 is 23.4. The first-order chi connectivity index (χ1) is 8.50. The Morgan fingerprint density at radius 1 is 1.33 bits per heavy atom. The molecule has 1 atom stereocenters. The molecule has 1 aromatic rings. The summed E-state index contributed by atoms with van der Waals surface area (Å²) in [7, 11) is -2.93. The Labute approximate surface area is 110 Å². The molecule has 1 aromatic carbocycles. The second-order valence-electron chi connectivity index (χ2n) is 5.16. The zero-order valence-corrected chi connectivity index (χ0v) is 11.8. The van der Waals surface area contributed by atoms with Crippen LogP contribution in [0.1, 0.15) is 37.4 Å². The van der Waals surface area contributed by atoms with E-state index < -0.39 is 9.84 Å². The normalized spacial score (nSPS) is 19.2. The van der Waals surface area contributed by atoms with E-state index in [1.807, 2.05) is 6.07 Å². The van der Waals surface area contributed by atoms with E-state index in [0.29, 0.717) is 12.6 Å². The molecule has 2 rings (SSSR count). The predicted octanol–water partition coefficient (Wildman–Crippen LogP) is 2.09. The van der Waals surface area contributed by atoms with Gasteiger partial charge in [-0.15, -0.1) is 0 Å². The van der Waals surface area contributed by atoms with Crippen LogP contribution in [0.2, 0.25) is 0 Å². The van der Waals surface area contributed by atoms with Gasteiger partial charge in [0.1, 0.15) is 0 Å². The van der Waals surface area contributed by atoms with Gasteiger partial charge in [0.2, 0.25) is 0 Å². The Morgan fingerprint density at radius 2 is 2.06 bits per heavy atom. The third-order valence-corrected chi connectivity index (χ3v) is 5.84. The molecule has 18 heavy (non-hydrogen) atoms. The van der Waals surface area contributed by atoms with Crippen molar-refractivity contribution in [2.24, 2.45) is 0 Å². The lowest BCUT2D eigenvalue weighted by atomic mass is 10.1. The van der Waals surface area contributed by atoms with Crippen molar-refractivity contribution in [1.29, 1.82) is 0 Å². The number of sulfone groups is 1. The van der Waals surface area contributed by atoms with E-state index in [4.69, 9.17) is 0 Å². The molecule has 0 aromatic heterocycles. The number of rotatable bonds is 5. The number of nitrogens with one attached hydrogen (secondary N) is 1. The zero-order chi connectivity index (χ0) is 13.2. The minimum Gasteiger partial charge on any atom is -0.309 e. The summed E-state index contributed by atoms with van der Waals surface area (Å²) in [4.78, 5) is 0. The summed E-state index contributed by atoms with van der Waals surface area (Å²) in [5.74, 6) is 0.226. The van der Waals surface area contributed by atoms with E-state index in [2.05, 4.69) is 23.5 Å². The van der Waals surface area contributed by atoms with Gasteiger partial charge in [0.05, 0.1) is 11.0 Å². The van der Waals surface area contributed by atoms with E-state index in [1.54, 1.807) is 13.8 Å². The lowest BCUT2D eigenvalue weighted by molar-refractivity contribution is 0.539. The lowest BCUT2D eigenvalue weighted by Gasteiger charge is -2.15. The molecule has 0 radical (unpaired) electrons. The maximum atomic E-state index is 11.7. The first-order valence-corrected chi connectivity index (χ1v) is 8.25. The summed E-state index contributed by atoms with van der Waals surface area (Å²) in [5, 5.41) is 3.09. The third kappa shape index (κ3) is 2.93. The Morgan fingerprint density at radius 3 is 2.78 bits per heavy atom. The summed E-state index contributed by atoms with van der Waals surface area (Å²) in [6, 6.07) is 8.72. The van der Waals surface area contributed by atoms with Crippen molar-refractivity contribution in [3.8, 4) is 0 Å². The van der Waals surface area contributed by atoms with Gasteiger partial charge in [-0.1, -0.05) is 24.3 Å². The number of hydrogen-bond donors (Lipinski definition) is 1. The smallest absolute Gasteiger partial charge is 0.153 e. The lowest BCUT2D eigenvalue weighted by Crippen LogP contribution is -2.29. The minimum atomic E-state index is -2.93. The maximum absolute atomic E-state index is 11.7. The molecule has 1 aliphatic carbocycles. The number of aryl methyl sites for hydroxylation is 1. The highest BCUT2D eigenvalue weighted by Crippen LogP contribution is 2.30. The molecule has 0 spiro atoms. The van der Waals surface area contributed by atoms with Gasteiger partial charge in [0, 0.05) is 12.6 Å². The summed E-state index contributed by atoms with van der Waals surface area (Å²) in [6.07, 6.45) is 2.16. The Balaban J connectivity index is 1.90. The zero-order valence-electron chi connectivity index (χ0n) is 11.0. The molecule has 0 heterocycles. The molecule has 1 aliphatic rings. The number of fused-ring (bicyclic) bond motifs is 1. The molecule has 0 amide bonds. The standard InChI is InChI=1S/C14H21NO2S/c1-11(2)18(16,17)10-9-15-14-8-7-12-5-3-4-6-13(12)14/h3-6,11,14-15H,7-10H2,1-2H3. The Hall–Kier alpha value is -0.870. The average Bonchev–Trinajstić information content (AvgIpc) is 2.72. The van der Waals surface area contributed by atoms with E-state index in [0.717, 1.165) is 12.8 Å². The first-order valence-electron chi connectivity index (χ1n) is 6.53. The van der Waals surface area contributed by atoms with Gasteiger partial charge in [-0.3, -0.25) is 0 Å². The quantitative estimate of drug-likeness (QED) is 0.888. The van der Waals surface area contributed by atoms with Gasteiger partial charge in [-0.25, -0.2) is 8.42 Å². The van der Waals surface area contributed by atoms with Crippen molar-refractivity contribution >= 4 is 9.84 Å². The molecule has 1 N–H and O–H groups in total. The van der Waals surface area contributed by atoms with Crippen molar-refractivity contribution in [3.05, 3.63) is 35.4 Å². The molecule has 0 fully saturated rings. The van der Waals surface area contributed by atoms with Gasteiger partial charge < -0.3 is 5.32 Å². The monoisotopic (exact) mass is 267 g/mol. The molecule has 0 aliphatic heterocycles. The van der Waals surface area contributed by atoms with Crippen molar-refractivity contribution in [2.45, 2.75) is 38.0 Å². The first kappa shape index (κ1) is 13.6. The highest BCUT2D eigenvalue weighted by atomic mass is 32.2. The molecule has 3 nitrogen and oxygen atoms in total. The second-order valence-corrected chi connectivity index (χ2v) is 7.84. The highest BCUT2D eigenvalue weighted by Gasteiger charge is 2.22. The van der Waals surface area contributed by atoms with Crippen molar-refractivity contribution < 1.29 is 8.42 Å². The van der Waals surface area contributed by atoms with Crippen LogP contribution in [0.3, 0.4) is 0 Å². The molecule has 4 heteroatoms. The van der Waals surface area contributed by atoms with E-state index in [1.165, 1.54) is 11.1 Å². The topological polar surface area (TPSA) is 46.2 Å². The number of benzene rings is 1. The molecular weight excluding hydrogens is 246 g/mol. The SMILES string of the molecule is CC(C)S(=O)(=O)CCNC1CCc2ccccc21. The highest BCUT2D eigenvalue weighted by molar-refractivity contribution is 7.92. The van der Waals surface area contributed by atoms with Crippen LogP contribution in [0.4, 0.5) is 0 Å². The van der Waals surface area contributed by atoms with Crippen LogP contribution >= 0.6 is 0 Å². The van der Waals surface area contributed by atoms with Gasteiger partial charge in [0.25, 0.3) is 0 Å². The summed E-state index contributed by atoms with van der Waals surface area (Å²) in [5.41, 5.74) is 2.72. The molecule has 1 unspecified atom stereocenters. The minimum absolute atomic E-state index is 0.226. The fraction of sp³-hybridized carbons (Fsp3) is 0.571. The van der Waals surface area contributed by atoms with Crippen LogP contribution in [0.25, 0.3) is 0 Å². The largest absolute Gasteiger partial charge is 0.309 e. The molecule has 0 bridgehead atoms. The molecular formula is C14H21NO2S. The Bertz CT molecular complexity index is 508. The maximum Gasteiger partial charge on any atom is 0.153 e. The van der Waals surface area contributed by atoms with Crippen LogP contribution in [-0.2, 0) is 16.3 Å².